The van der Waals surface area contributed by atoms with Crippen molar-refractivity contribution in [1.82, 2.24) is 9.97 Å². The Balaban J connectivity index is 1.35. The highest BCUT2D eigenvalue weighted by molar-refractivity contribution is 6.02. The summed E-state index contributed by atoms with van der Waals surface area (Å²) in [6, 6.07) is 8.09. The van der Waals surface area contributed by atoms with Crippen LogP contribution in [0.3, 0.4) is 0 Å². The molecule has 0 spiro atoms. The van der Waals surface area contributed by atoms with Gasteiger partial charge in [-0.1, -0.05) is 19.8 Å². The minimum Gasteiger partial charge on any atom is -0.372 e. The smallest absolute Gasteiger partial charge is 0.275 e. The van der Waals surface area contributed by atoms with E-state index in [1.807, 2.05) is 12.1 Å². The lowest BCUT2D eigenvalue weighted by atomic mass is 9.99. The van der Waals surface area contributed by atoms with E-state index in [0.717, 1.165) is 43.6 Å². The molecule has 0 unspecified atom stereocenters. The highest BCUT2D eigenvalue weighted by Crippen LogP contribution is 2.24. The van der Waals surface area contributed by atoms with Gasteiger partial charge in [-0.05, 0) is 55.9 Å². The van der Waals surface area contributed by atoms with E-state index >= 15 is 0 Å². The van der Waals surface area contributed by atoms with Gasteiger partial charge < -0.3 is 15.1 Å². The fraction of sp³-hybridized carbons (Fsp3) is 0.522. The van der Waals surface area contributed by atoms with Crippen LogP contribution in [0.4, 0.5) is 17.2 Å². The summed E-state index contributed by atoms with van der Waals surface area (Å²) in [5.41, 5.74) is 2.34. The third-order valence-corrected chi connectivity index (χ3v) is 6.07. The SMILES string of the molecule is CC1CCN(c2ccc(NC(=O)c3cnc(N4CCCCCC4)cn3)cc2)CC1. The van der Waals surface area contributed by atoms with Crippen LogP contribution in [-0.2, 0) is 0 Å². The molecule has 2 aromatic rings. The molecule has 29 heavy (non-hydrogen) atoms. The summed E-state index contributed by atoms with van der Waals surface area (Å²) >= 11 is 0. The maximum Gasteiger partial charge on any atom is 0.275 e. The lowest BCUT2D eigenvalue weighted by Gasteiger charge is -2.32. The number of anilines is 3. The molecule has 1 aromatic carbocycles. The molecule has 6 nitrogen and oxygen atoms in total. The molecule has 0 aliphatic carbocycles. The zero-order valence-corrected chi connectivity index (χ0v) is 17.3. The van der Waals surface area contributed by atoms with Crippen molar-refractivity contribution < 1.29 is 4.79 Å². The van der Waals surface area contributed by atoms with Gasteiger partial charge in [0.1, 0.15) is 11.5 Å². The van der Waals surface area contributed by atoms with Crippen LogP contribution in [0, 0.1) is 5.92 Å². The van der Waals surface area contributed by atoms with Crippen LogP contribution in [0.5, 0.6) is 0 Å². The third kappa shape index (κ3) is 5.05. The molecule has 0 bridgehead atoms. The standard InChI is InChI=1S/C23H31N5O/c1-18-10-14-27(15-11-18)20-8-6-19(7-9-20)26-23(29)21-16-25-22(17-24-21)28-12-4-2-3-5-13-28/h6-9,16-18H,2-5,10-15H2,1H3,(H,26,29). The van der Waals surface area contributed by atoms with Gasteiger partial charge in [0.2, 0.25) is 0 Å². The molecule has 154 valence electrons. The second-order valence-corrected chi connectivity index (χ2v) is 8.33. The Morgan fingerprint density at radius 2 is 1.59 bits per heavy atom. The summed E-state index contributed by atoms with van der Waals surface area (Å²) in [5, 5.41) is 2.93. The van der Waals surface area contributed by atoms with E-state index < -0.39 is 0 Å². The van der Waals surface area contributed by atoms with E-state index in [-0.39, 0.29) is 5.91 Å². The van der Waals surface area contributed by atoms with Crippen LogP contribution in [0.2, 0.25) is 0 Å². The Bertz CT molecular complexity index is 789. The normalized spacial score (nSPS) is 18.4. The fourth-order valence-corrected chi connectivity index (χ4v) is 4.12. The van der Waals surface area contributed by atoms with Crippen LogP contribution in [0.25, 0.3) is 0 Å². The zero-order valence-electron chi connectivity index (χ0n) is 17.3. The first kappa shape index (κ1) is 19.7. The number of hydrogen-bond donors (Lipinski definition) is 1. The molecule has 6 heteroatoms. The number of hydrogen-bond acceptors (Lipinski definition) is 5. The summed E-state index contributed by atoms with van der Waals surface area (Å²) in [5.74, 6) is 1.46. The predicted octanol–water partition coefficient (Wildman–Crippen LogP) is 4.35. The number of nitrogens with one attached hydrogen (secondary N) is 1. The van der Waals surface area contributed by atoms with Crippen molar-refractivity contribution >= 4 is 23.1 Å². The topological polar surface area (TPSA) is 61.4 Å². The van der Waals surface area contributed by atoms with Crippen molar-refractivity contribution in [2.45, 2.75) is 45.4 Å². The van der Waals surface area contributed by atoms with Crippen molar-refractivity contribution in [3.8, 4) is 0 Å². The van der Waals surface area contributed by atoms with Crippen molar-refractivity contribution in [2.75, 3.05) is 41.3 Å². The minimum atomic E-state index is -0.223. The number of carbonyl (C=O) groups excluding carboxylic acids is 1. The Morgan fingerprint density at radius 3 is 2.21 bits per heavy atom. The molecule has 2 saturated heterocycles. The average molecular weight is 394 g/mol. The number of benzene rings is 1. The molecule has 1 N–H and O–H groups in total. The van der Waals surface area contributed by atoms with Crippen molar-refractivity contribution in [2.24, 2.45) is 5.92 Å². The van der Waals surface area contributed by atoms with Gasteiger partial charge in [-0.15, -0.1) is 0 Å². The Morgan fingerprint density at radius 1 is 0.897 bits per heavy atom. The summed E-state index contributed by atoms with van der Waals surface area (Å²) in [6.07, 6.45) is 10.7. The highest BCUT2D eigenvalue weighted by atomic mass is 16.1. The molecule has 0 atom stereocenters. The molecule has 1 amide bonds. The van der Waals surface area contributed by atoms with Crippen LogP contribution < -0.4 is 15.1 Å². The molecule has 2 aliphatic heterocycles. The molecule has 2 fully saturated rings. The first-order valence-electron chi connectivity index (χ1n) is 10.9. The van der Waals surface area contributed by atoms with E-state index in [2.05, 4.69) is 44.1 Å². The Labute approximate surface area is 173 Å². The number of nitrogens with zero attached hydrogens (tertiary/aromatic N) is 4. The summed E-state index contributed by atoms with van der Waals surface area (Å²) < 4.78 is 0. The van der Waals surface area contributed by atoms with Gasteiger partial charge >= 0.3 is 0 Å². The molecule has 1 aromatic heterocycles. The van der Waals surface area contributed by atoms with Gasteiger partial charge in [0.05, 0.1) is 12.4 Å². The number of rotatable bonds is 4. The second kappa shape index (κ2) is 9.25. The van der Waals surface area contributed by atoms with Crippen molar-refractivity contribution in [3.05, 3.63) is 42.4 Å². The largest absolute Gasteiger partial charge is 0.372 e. The molecule has 2 aliphatic rings. The number of piperidine rings is 1. The predicted molar refractivity (Wildman–Crippen MR) is 118 cm³/mol. The number of amides is 1. The average Bonchev–Trinajstić information content (AvgIpc) is 3.05. The van der Waals surface area contributed by atoms with E-state index in [9.17, 15) is 4.79 Å². The molecule has 3 heterocycles. The van der Waals surface area contributed by atoms with E-state index in [1.165, 1.54) is 44.2 Å². The number of carbonyl (C=O) groups is 1. The van der Waals surface area contributed by atoms with E-state index in [1.54, 1.807) is 12.4 Å². The van der Waals surface area contributed by atoms with Crippen LogP contribution in [0.15, 0.2) is 36.7 Å². The summed E-state index contributed by atoms with van der Waals surface area (Å²) in [6.45, 7) is 6.56. The molecule has 0 radical (unpaired) electrons. The summed E-state index contributed by atoms with van der Waals surface area (Å²) in [4.78, 5) is 26.1. The highest BCUT2D eigenvalue weighted by Gasteiger charge is 2.17. The van der Waals surface area contributed by atoms with Gasteiger partial charge in [-0.25, -0.2) is 9.97 Å². The zero-order chi connectivity index (χ0) is 20.1. The van der Waals surface area contributed by atoms with Gasteiger partial charge in [-0.3, -0.25) is 4.79 Å². The van der Waals surface area contributed by atoms with Crippen molar-refractivity contribution in [1.29, 1.82) is 0 Å². The quantitative estimate of drug-likeness (QED) is 0.837. The van der Waals surface area contributed by atoms with Gasteiger partial charge in [-0.2, -0.15) is 0 Å². The lowest BCUT2D eigenvalue weighted by Crippen LogP contribution is -2.32. The number of aromatic nitrogens is 2. The maximum atomic E-state index is 12.5. The van der Waals surface area contributed by atoms with Gasteiger partial charge in [0, 0.05) is 37.6 Å². The second-order valence-electron chi connectivity index (χ2n) is 8.33. The lowest BCUT2D eigenvalue weighted by molar-refractivity contribution is 0.102. The van der Waals surface area contributed by atoms with Crippen LogP contribution in [-0.4, -0.2) is 42.1 Å². The Kier molecular flexibility index (Phi) is 6.27. The molecule has 0 saturated carbocycles. The summed E-state index contributed by atoms with van der Waals surface area (Å²) in [7, 11) is 0. The fourth-order valence-electron chi connectivity index (χ4n) is 4.12. The van der Waals surface area contributed by atoms with E-state index in [0.29, 0.717) is 5.69 Å². The third-order valence-electron chi connectivity index (χ3n) is 6.07. The maximum absolute atomic E-state index is 12.5. The van der Waals surface area contributed by atoms with Crippen molar-refractivity contribution in [3.63, 3.8) is 0 Å². The van der Waals surface area contributed by atoms with Crippen LogP contribution >= 0.6 is 0 Å². The van der Waals surface area contributed by atoms with E-state index in [4.69, 9.17) is 0 Å². The molecular weight excluding hydrogens is 362 g/mol. The molecular formula is C23H31N5O. The monoisotopic (exact) mass is 393 g/mol. The van der Waals surface area contributed by atoms with Crippen LogP contribution in [0.1, 0.15) is 55.9 Å². The van der Waals surface area contributed by atoms with Gasteiger partial charge in [0.15, 0.2) is 0 Å². The van der Waals surface area contributed by atoms with Gasteiger partial charge in [0.25, 0.3) is 5.91 Å². The first-order valence-corrected chi connectivity index (χ1v) is 10.9. The molecule has 4 rings (SSSR count). The minimum absolute atomic E-state index is 0.223. The Hall–Kier alpha value is -2.63. The first-order chi connectivity index (χ1) is 14.2.